The molecule has 0 radical (unpaired) electrons. The van der Waals surface area contributed by atoms with Crippen molar-refractivity contribution in [2.24, 2.45) is 0 Å². The predicted octanol–water partition coefficient (Wildman–Crippen LogP) is 24.3. The van der Waals surface area contributed by atoms with Gasteiger partial charge in [0.2, 0.25) is 0 Å². The molecule has 478 valence electrons. The second-order valence-corrected chi connectivity index (χ2v) is 25.9. The summed E-state index contributed by atoms with van der Waals surface area (Å²) in [5.41, 5.74) is 35.6. The third kappa shape index (κ3) is 10.8. The van der Waals surface area contributed by atoms with Crippen molar-refractivity contribution in [3.63, 3.8) is 0 Å². The SMILES string of the molecule is C1=Cc2nc1c(-c1ccccc1)c1ccc([nH]1)c(-c1ccccc1)c1nc(c(-c3ccc(-c4ccc(-c5ccc(-c6c7nc(c(-c8ccccc8)c8ccc([nH]8)c(-c8ccccc8)c8nc(c(-c9ccccc9)c9ccc6[nH]9)C=C8)C=C7)cc5)cc4)cc3)c3ccc([nH]3)c2-c2ccccc2)C=C1. The van der Waals surface area contributed by atoms with Crippen LogP contribution >= 0.6 is 0 Å². The zero-order valence-electron chi connectivity index (χ0n) is 55.3. The van der Waals surface area contributed by atoms with Crippen molar-refractivity contribution >= 4 is 92.7 Å². The molecule has 0 saturated heterocycles. The maximum Gasteiger partial charge on any atom is 0.0737 e. The van der Waals surface area contributed by atoms with Crippen LogP contribution in [0.25, 0.3) is 204 Å². The summed E-state index contributed by atoms with van der Waals surface area (Å²) in [4.78, 5) is 37.7. The molecule has 0 fully saturated rings. The first-order chi connectivity index (χ1) is 50.5. The van der Waals surface area contributed by atoms with Gasteiger partial charge >= 0.3 is 0 Å². The fourth-order valence-electron chi connectivity index (χ4n) is 15.0. The van der Waals surface area contributed by atoms with Crippen molar-refractivity contribution in [2.45, 2.75) is 0 Å². The second kappa shape index (κ2) is 25.2. The van der Waals surface area contributed by atoms with Gasteiger partial charge in [-0.25, -0.2) is 19.9 Å². The summed E-state index contributed by atoms with van der Waals surface area (Å²) in [6, 6.07) is 107. The molecule has 9 aromatic carbocycles. The average molecular weight is 1300 g/mol. The first-order valence-electron chi connectivity index (χ1n) is 34.5. The Kier molecular flexibility index (Phi) is 14.7. The van der Waals surface area contributed by atoms with Crippen LogP contribution in [0.15, 0.2) is 303 Å². The molecule has 4 aliphatic heterocycles. The van der Waals surface area contributed by atoms with Gasteiger partial charge in [-0.2, -0.15) is 0 Å². The number of aromatic amines is 4. The number of aromatic nitrogens is 8. The van der Waals surface area contributed by atoms with Gasteiger partial charge in [0.15, 0.2) is 0 Å². The van der Waals surface area contributed by atoms with Crippen LogP contribution in [0.4, 0.5) is 0 Å². The van der Waals surface area contributed by atoms with Crippen molar-refractivity contribution < 1.29 is 0 Å². The lowest BCUT2D eigenvalue weighted by Crippen LogP contribution is -1.90. The third-order valence-corrected chi connectivity index (χ3v) is 19.8. The number of fused-ring (bicyclic) bond motifs is 16. The predicted molar refractivity (Wildman–Crippen MR) is 426 cm³/mol. The van der Waals surface area contributed by atoms with Crippen LogP contribution in [-0.2, 0) is 0 Å². The molecule has 102 heavy (non-hydrogen) atoms. The van der Waals surface area contributed by atoms with Gasteiger partial charge in [-0.15, -0.1) is 0 Å². The van der Waals surface area contributed by atoms with E-state index in [2.05, 4.69) is 372 Å². The molecule has 0 aliphatic carbocycles. The first kappa shape index (κ1) is 59.4. The summed E-state index contributed by atoms with van der Waals surface area (Å²) in [5, 5.41) is 0. The van der Waals surface area contributed by atoms with Gasteiger partial charge in [-0.3, -0.25) is 0 Å². The van der Waals surface area contributed by atoms with Gasteiger partial charge in [-0.05, 0) is 164 Å². The standard InChI is InChI=1S/C94H62N8/c1-7-19-63(20-8-1)87-71-43-47-75(95-71)89(65-23-11-3-12-24-65)79-51-55-83(99-79)93(84-56-52-80(100-84)90(66-25-13-4-14-26-66)76-48-44-72(87)96-76)69-39-35-61(36-40-69)59-31-33-60(34-32-59)62-37-41-70(42-38-62)94-85-57-53-81(101-85)91(67-27-15-5-16-28-67)77-49-45-73(97-77)88(64-21-9-2-10-22-64)74-46-50-78(98-74)92(68-29-17-6-18-30-68)82-54-58-86(94)102-82/h1-58,95,97,100,102H. The zero-order valence-corrected chi connectivity index (χ0v) is 55.3. The summed E-state index contributed by atoms with van der Waals surface area (Å²) in [5.74, 6) is 0. The molecule has 8 heteroatoms. The minimum absolute atomic E-state index is 0.859. The first-order valence-corrected chi connectivity index (χ1v) is 34.5. The number of H-pyrrole nitrogens is 4. The molecule has 10 heterocycles. The molecule has 19 rings (SSSR count). The smallest absolute Gasteiger partial charge is 0.0737 e. The monoisotopic (exact) mass is 1300 g/mol. The largest absolute Gasteiger partial charge is 0.354 e. The Labute approximate surface area is 589 Å². The zero-order chi connectivity index (χ0) is 67.5. The van der Waals surface area contributed by atoms with Crippen LogP contribution in [0.3, 0.4) is 0 Å². The van der Waals surface area contributed by atoms with E-state index < -0.39 is 0 Å². The van der Waals surface area contributed by atoms with Gasteiger partial charge in [0.1, 0.15) is 0 Å². The van der Waals surface area contributed by atoms with Crippen LogP contribution in [-0.4, -0.2) is 39.9 Å². The van der Waals surface area contributed by atoms with E-state index in [0.29, 0.717) is 0 Å². The van der Waals surface area contributed by atoms with E-state index in [4.69, 9.17) is 19.9 Å². The number of nitrogens with one attached hydrogen (secondary N) is 4. The van der Waals surface area contributed by atoms with E-state index in [1.807, 2.05) is 0 Å². The van der Waals surface area contributed by atoms with Crippen LogP contribution in [0, 0.1) is 0 Å². The lowest BCUT2D eigenvalue weighted by atomic mass is 9.96. The highest BCUT2D eigenvalue weighted by atomic mass is 14.8. The molecule has 8 nitrogen and oxygen atoms in total. The van der Waals surface area contributed by atoms with E-state index in [-0.39, 0.29) is 0 Å². The van der Waals surface area contributed by atoms with Crippen LogP contribution in [0.2, 0.25) is 0 Å². The molecular weight excluding hydrogens is 1240 g/mol. The Morgan fingerprint density at radius 1 is 0.127 bits per heavy atom. The molecule has 16 bridgehead atoms. The van der Waals surface area contributed by atoms with E-state index in [1.54, 1.807) is 0 Å². The molecule has 0 spiro atoms. The number of rotatable bonds is 10. The molecule has 4 N–H and O–H groups in total. The summed E-state index contributed by atoms with van der Waals surface area (Å²) in [7, 11) is 0. The Bertz CT molecular complexity index is 5820. The molecule has 0 atom stereocenters. The van der Waals surface area contributed by atoms with Gasteiger partial charge in [-0.1, -0.05) is 255 Å². The molecule has 0 amide bonds. The number of benzene rings is 9. The number of hydrogen-bond acceptors (Lipinski definition) is 4. The Hall–Kier alpha value is -13.8. The van der Waals surface area contributed by atoms with Crippen molar-refractivity contribution in [3.05, 3.63) is 349 Å². The normalized spacial score (nSPS) is 12.2. The Morgan fingerprint density at radius 2 is 0.255 bits per heavy atom. The van der Waals surface area contributed by atoms with Crippen LogP contribution in [0.5, 0.6) is 0 Å². The molecule has 15 aromatic rings. The Morgan fingerprint density at radius 3 is 0.402 bits per heavy atom. The maximum atomic E-state index is 5.57. The topological polar surface area (TPSA) is 115 Å². The lowest BCUT2D eigenvalue weighted by Gasteiger charge is -2.09. The highest BCUT2D eigenvalue weighted by molar-refractivity contribution is 6.03. The van der Waals surface area contributed by atoms with Crippen molar-refractivity contribution in [1.82, 2.24) is 39.9 Å². The summed E-state index contributed by atoms with van der Waals surface area (Å²) in [6.45, 7) is 0. The second-order valence-electron chi connectivity index (χ2n) is 25.9. The summed E-state index contributed by atoms with van der Waals surface area (Å²) >= 11 is 0. The molecule has 0 saturated carbocycles. The van der Waals surface area contributed by atoms with Crippen LogP contribution < -0.4 is 0 Å². The van der Waals surface area contributed by atoms with Gasteiger partial charge in [0.05, 0.1) is 45.6 Å². The van der Waals surface area contributed by atoms with E-state index in [1.165, 1.54) is 0 Å². The van der Waals surface area contributed by atoms with E-state index in [0.717, 1.165) is 201 Å². The Balaban J connectivity index is 0.711. The lowest BCUT2D eigenvalue weighted by molar-refractivity contribution is 1.31. The number of hydrogen-bond donors (Lipinski definition) is 4. The highest BCUT2D eigenvalue weighted by Gasteiger charge is 2.23. The fraction of sp³-hybridized carbons (Fsp3) is 0. The minimum Gasteiger partial charge on any atom is -0.354 e. The van der Waals surface area contributed by atoms with Crippen molar-refractivity contribution in [2.75, 3.05) is 0 Å². The van der Waals surface area contributed by atoms with E-state index >= 15 is 0 Å². The van der Waals surface area contributed by atoms with Gasteiger partial charge < -0.3 is 19.9 Å². The quantitative estimate of drug-likeness (QED) is 0.109. The fourth-order valence-corrected chi connectivity index (χ4v) is 15.0. The van der Waals surface area contributed by atoms with Gasteiger partial charge in [0, 0.05) is 88.6 Å². The summed E-state index contributed by atoms with van der Waals surface area (Å²) in [6.07, 6.45) is 17.2. The van der Waals surface area contributed by atoms with Gasteiger partial charge in [0.25, 0.3) is 0 Å². The third-order valence-electron chi connectivity index (χ3n) is 19.8. The number of nitrogens with zero attached hydrogens (tertiary/aromatic N) is 4. The average Bonchev–Trinajstić information content (AvgIpc) is 1.62. The minimum atomic E-state index is 0.859. The maximum absolute atomic E-state index is 5.57. The highest BCUT2D eigenvalue weighted by Crippen LogP contribution is 2.43. The molecule has 4 aliphatic rings. The molecule has 6 aromatic heterocycles. The van der Waals surface area contributed by atoms with Crippen molar-refractivity contribution in [3.8, 4) is 111 Å². The van der Waals surface area contributed by atoms with Crippen LogP contribution in [0.1, 0.15) is 45.6 Å². The van der Waals surface area contributed by atoms with E-state index in [9.17, 15) is 0 Å². The molecular formula is C94H62N8. The molecule has 0 unspecified atom stereocenters. The summed E-state index contributed by atoms with van der Waals surface area (Å²) < 4.78 is 0. The van der Waals surface area contributed by atoms with Crippen molar-refractivity contribution in [1.29, 1.82) is 0 Å².